The third-order valence-corrected chi connectivity index (χ3v) is 6.56. The molecule has 0 radical (unpaired) electrons. The standard InChI is InChI=1S/C31H31ClN4O3/c1-5-18-33-36-24-12-8-6-10-22(24)27(29(36)20-14-16-21(32)17-15-20)28-30(38)35(19-26(37)39-31(2,3)4)25-13-9-7-11-23(25)34-28/h6-17,33H,5,18-19H2,1-4H3. The summed E-state index contributed by atoms with van der Waals surface area (Å²) in [7, 11) is 0. The number of rotatable bonds is 7. The van der Waals surface area contributed by atoms with Crippen molar-refractivity contribution < 1.29 is 9.53 Å². The first-order valence-electron chi connectivity index (χ1n) is 13.0. The van der Waals surface area contributed by atoms with Gasteiger partial charge in [-0.2, -0.15) is 0 Å². The van der Waals surface area contributed by atoms with Crippen LogP contribution in [0, 0.1) is 0 Å². The van der Waals surface area contributed by atoms with Gasteiger partial charge in [-0.05, 0) is 57.5 Å². The number of fused-ring (bicyclic) bond motifs is 2. The topological polar surface area (TPSA) is 78.2 Å². The fourth-order valence-electron chi connectivity index (χ4n) is 4.76. The molecule has 0 saturated carbocycles. The van der Waals surface area contributed by atoms with Crippen LogP contribution in [0.3, 0.4) is 0 Å². The number of nitrogens with one attached hydrogen (secondary N) is 1. The van der Waals surface area contributed by atoms with Crippen LogP contribution in [0.25, 0.3) is 44.5 Å². The third-order valence-electron chi connectivity index (χ3n) is 6.31. The predicted molar refractivity (Wildman–Crippen MR) is 158 cm³/mol. The maximum absolute atomic E-state index is 14.2. The van der Waals surface area contributed by atoms with Crippen LogP contribution in [0.1, 0.15) is 34.1 Å². The average molecular weight is 543 g/mol. The normalized spacial score (nSPS) is 11.7. The first kappa shape index (κ1) is 26.5. The molecule has 39 heavy (non-hydrogen) atoms. The molecule has 200 valence electrons. The van der Waals surface area contributed by atoms with Gasteiger partial charge in [-0.3, -0.25) is 18.8 Å². The van der Waals surface area contributed by atoms with E-state index < -0.39 is 11.6 Å². The van der Waals surface area contributed by atoms with E-state index in [-0.39, 0.29) is 17.8 Å². The number of hydrogen-bond acceptors (Lipinski definition) is 5. The molecule has 0 aliphatic carbocycles. The lowest BCUT2D eigenvalue weighted by molar-refractivity contribution is -0.155. The molecule has 8 heteroatoms. The molecule has 3 aromatic carbocycles. The highest BCUT2D eigenvalue weighted by atomic mass is 35.5. The Morgan fingerprint density at radius 3 is 2.33 bits per heavy atom. The molecule has 7 nitrogen and oxygen atoms in total. The smallest absolute Gasteiger partial charge is 0.326 e. The minimum atomic E-state index is -0.674. The van der Waals surface area contributed by atoms with Gasteiger partial charge in [0.05, 0.1) is 22.2 Å². The quantitative estimate of drug-likeness (QED) is 0.233. The van der Waals surface area contributed by atoms with Crippen molar-refractivity contribution in [2.24, 2.45) is 0 Å². The van der Waals surface area contributed by atoms with Crippen molar-refractivity contribution in [2.75, 3.05) is 12.0 Å². The fraction of sp³-hybridized carbons (Fsp3) is 0.258. The zero-order valence-corrected chi connectivity index (χ0v) is 23.2. The summed E-state index contributed by atoms with van der Waals surface area (Å²) in [6.45, 7) is 8.02. The third kappa shape index (κ3) is 5.27. The van der Waals surface area contributed by atoms with Gasteiger partial charge in [0.2, 0.25) is 0 Å². The average Bonchev–Trinajstić information content (AvgIpc) is 3.22. The summed E-state index contributed by atoms with van der Waals surface area (Å²) in [5.74, 6) is -0.489. The van der Waals surface area contributed by atoms with Crippen molar-refractivity contribution in [2.45, 2.75) is 46.3 Å². The van der Waals surface area contributed by atoms with Crippen LogP contribution in [-0.4, -0.2) is 32.3 Å². The summed E-state index contributed by atoms with van der Waals surface area (Å²) < 4.78 is 9.05. The zero-order chi connectivity index (χ0) is 27.7. The van der Waals surface area contributed by atoms with Crippen LogP contribution in [0.15, 0.2) is 77.6 Å². The number of aromatic nitrogens is 3. The zero-order valence-electron chi connectivity index (χ0n) is 22.5. The summed E-state index contributed by atoms with van der Waals surface area (Å²) in [6.07, 6.45) is 0.915. The lowest BCUT2D eigenvalue weighted by atomic mass is 10.0. The lowest BCUT2D eigenvalue weighted by Crippen LogP contribution is -2.32. The second kappa shape index (κ2) is 10.6. The van der Waals surface area contributed by atoms with Crippen molar-refractivity contribution in [1.29, 1.82) is 0 Å². The molecule has 0 unspecified atom stereocenters. The van der Waals surface area contributed by atoms with Crippen LogP contribution in [-0.2, 0) is 16.1 Å². The van der Waals surface area contributed by atoms with Gasteiger partial charge in [0.1, 0.15) is 17.8 Å². The van der Waals surface area contributed by atoms with Crippen LogP contribution in [0.5, 0.6) is 0 Å². The second-order valence-electron chi connectivity index (χ2n) is 10.4. The first-order chi connectivity index (χ1) is 18.7. The minimum absolute atomic E-state index is 0.227. The molecule has 1 N–H and O–H groups in total. The van der Waals surface area contributed by atoms with E-state index in [4.69, 9.17) is 21.3 Å². The number of carbonyl (C=O) groups is 1. The monoisotopic (exact) mass is 542 g/mol. The fourth-order valence-corrected chi connectivity index (χ4v) is 4.89. The maximum atomic E-state index is 14.2. The van der Waals surface area contributed by atoms with Crippen molar-refractivity contribution in [3.63, 3.8) is 0 Å². The number of ether oxygens (including phenoxy) is 1. The molecule has 0 spiro atoms. The van der Waals surface area contributed by atoms with Crippen molar-refractivity contribution in [3.05, 3.63) is 88.2 Å². The van der Waals surface area contributed by atoms with E-state index in [9.17, 15) is 9.59 Å². The van der Waals surface area contributed by atoms with E-state index in [1.807, 2.05) is 71.4 Å². The molecule has 0 aliphatic rings. The molecule has 0 saturated heterocycles. The van der Waals surface area contributed by atoms with Gasteiger partial charge in [0.25, 0.3) is 5.56 Å². The number of para-hydroxylation sites is 3. The SMILES string of the molecule is CCCNn1c(-c2ccc(Cl)cc2)c(-c2nc3ccccc3n(CC(=O)OC(C)(C)C)c2=O)c2ccccc21. The van der Waals surface area contributed by atoms with Crippen LogP contribution >= 0.6 is 11.6 Å². The molecular formula is C31H31ClN4O3. The first-order valence-corrected chi connectivity index (χ1v) is 13.4. The molecule has 2 heterocycles. The minimum Gasteiger partial charge on any atom is -0.459 e. The van der Waals surface area contributed by atoms with Crippen LogP contribution in [0.4, 0.5) is 0 Å². The molecule has 0 bridgehead atoms. The number of halogens is 1. The van der Waals surface area contributed by atoms with E-state index in [0.717, 1.165) is 35.1 Å². The number of hydrogen-bond donors (Lipinski definition) is 1. The Balaban J connectivity index is 1.84. The summed E-state index contributed by atoms with van der Waals surface area (Å²) in [4.78, 5) is 32.0. The van der Waals surface area contributed by atoms with E-state index in [0.29, 0.717) is 21.6 Å². The van der Waals surface area contributed by atoms with Crippen molar-refractivity contribution in [1.82, 2.24) is 14.2 Å². The van der Waals surface area contributed by atoms with E-state index in [2.05, 4.69) is 12.3 Å². The molecule has 5 aromatic rings. The van der Waals surface area contributed by atoms with Crippen molar-refractivity contribution >= 4 is 39.5 Å². The van der Waals surface area contributed by atoms with Gasteiger partial charge >= 0.3 is 5.97 Å². The lowest BCUT2D eigenvalue weighted by Gasteiger charge is -2.20. The molecule has 0 atom stereocenters. The number of benzene rings is 3. The largest absolute Gasteiger partial charge is 0.459 e. The summed E-state index contributed by atoms with van der Waals surface area (Å²) in [5.41, 5.74) is 7.18. The van der Waals surface area contributed by atoms with Crippen LogP contribution in [0.2, 0.25) is 5.02 Å². The summed E-state index contributed by atoms with van der Waals surface area (Å²) in [6, 6.07) is 22.8. The Kier molecular flexibility index (Phi) is 7.19. The highest BCUT2D eigenvalue weighted by Crippen LogP contribution is 2.39. The highest BCUT2D eigenvalue weighted by molar-refractivity contribution is 6.30. The number of esters is 1. The Morgan fingerprint density at radius 1 is 0.974 bits per heavy atom. The van der Waals surface area contributed by atoms with E-state index in [1.165, 1.54) is 4.57 Å². The van der Waals surface area contributed by atoms with E-state index in [1.54, 1.807) is 26.8 Å². The predicted octanol–water partition coefficient (Wildman–Crippen LogP) is 6.63. The molecule has 0 aliphatic heterocycles. The maximum Gasteiger partial charge on any atom is 0.326 e. The van der Waals surface area contributed by atoms with E-state index >= 15 is 0 Å². The van der Waals surface area contributed by atoms with Gasteiger partial charge < -0.3 is 10.2 Å². The molecule has 0 amide bonds. The number of nitrogens with zero attached hydrogens (tertiary/aromatic N) is 3. The van der Waals surface area contributed by atoms with Gasteiger partial charge in [-0.1, -0.05) is 61.0 Å². The number of carbonyl (C=O) groups excluding carboxylic acids is 1. The van der Waals surface area contributed by atoms with Gasteiger partial charge in [-0.15, -0.1) is 0 Å². The highest BCUT2D eigenvalue weighted by Gasteiger charge is 2.26. The Morgan fingerprint density at radius 2 is 1.64 bits per heavy atom. The second-order valence-corrected chi connectivity index (χ2v) is 10.9. The summed E-state index contributed by atoms with van der Waals surface area (Å²) in [5, 5.41) is 1.49. The molecular weight excluding hydrogens is 512 g/mol. The van der Waals surface area contributed by atoms with Crippen molar-refractivity contribution in [3.8, 4) is 22.5 Å². The summed E-state index contributed by atoms with van der Waals surface area (Å²) >= 11 is 6.23. The molecule has 5 rings (SSSR count). The van der Waals surface area contributed by atoms with Gasteiger partial charge in [-0.25, -0.2) is 4.98 Å². The Labute approximate surface area is 232 Å². The van der Waals surface area contributed by atoms with Gasteiger partial charge in [0, 0.05) is 28.1 Å². The Bertz CT molecular complexity index is 1730. The Hall–Kier alpha value is -4.10. The molecule has 2 aromatic heterocycles. The molecule has 0 fully saturated rings. The van der Waals surface area contributed by atoms with Gasteiger partial charge in [0.15, 0.2) is 0 Å². The van der Waals surface area contributed by atoms with Crippen LogP contribution < -0.4 is 11.0 Å².